The van der Waals surface area contributed by atoms with Gasteiger partial charge in [0, 0.05) is 0 Å². The van der Waals surface area contributed by atoms with Gasteiger partial charge in [-0.05, 0) is 58.5 Å². The molecule has 2 aromatic rings. The summed E-state index contributed by atoms with van der Waals surface area (Å²) in [5, 5.41) is 12.3. The molecule has 0 aliphatic rings. The summed E-state index contributed by atoms with van der Waals surface area (Å²) in [5.74, 6) is -0.537. The van der Waals surface area contributed by atoms with Crippen LogP contribution in [0.2, 0.25) is 5.02 Å². The number of primary amides is 1. The maximum absolute atomic E-state index is 12.4. The number of carbonyl (C=O) groups excluding carboxylic acids is 2. The van der Waals surface area contributed by atoms with Gasteiger partial charge in [0.25, 0.3) is 11.8 Å². The quantitative estimate of drug-likeness (QED) is 0.336. The molecule has 0 heterocycles. The normalized spacial score (nSPS) is 10.7. The van der Waals surface area contributed by atoms with Crippen molar-refractivity contribution in [1.82, 2.24) is 0 Å². The number of nitrogens with zero attached hydrogens (tertiary/aromatic N) is 1. The summed E-state index contributed by atoms with van der Waals surface area (Å²) in [7, 11) is 1.44. The second-order valence-electron chi connectivity index (χ2n) is 5.39. The maximum Gasteiger partial charge on any atom is 0.266 e. The molecule has 9 heteroatoms. The van der Waals surface area contributed by atoms with Crippen LogP contribution in [0.5, 0.6) is 11.5 Å². The molecule has 2 rings (SSSR count). The molecule has 0 unspecified atom stereocenters. The summed E-state index contributed by atoms with van der Waals surface area (Å²) < 4.78 is 11.3. The molecule has 2 amide bonds. The maximum atomic E-state index is 12.4. The Morgan fingerprint density at radius 2 is 2.07 bits per heavy atom. The first-order chi connectivity index (χ1) is 13.3. The molecule has 0 aliphatic carbocycles. The van der Waals surface area contributed by atoms with Gasteiger partial charge in [0.1, 0.15) is 11.6 Å². The van der Waals surface area contributed by atoms with Crippen molar-refractivity contribution in [3.8, 4) is 17.6 Å². The van der Waals surface area contributed by atoms with Crippen LogP contribution in [0.4, 0.5) is 5.69 Å². The van der Waals surface area contributed by atoms with Crippen LogP contribution in [-0.4, -0.2) is 25.5 Å². The van der Waals surface area contributed by atoms with Crippen LogP contribution in [0.3, 0.4) is 0 Å². The molecule has 7 nitrogen and oxygen atoms in total. The standard InChI is InChI=1S/C19H15ClIN3O4/c1-27-16-8-11(7-14(21)18(16)28-10-17(23)25)6-12(9-22)19(26)24-15-5-3-2-4-13(15)20/h2-8H,10H2,1H3,(H2,23,25)(H,24,26)/b12-6+. The summed E-state index contributed by atoms with van der Waals surface area (Å²) in [6, 6.07) is 11.8. The van der Waals surface area contributed by atoms with Gasteiger partial charge in [-0.2, -0.15) is 5.26 Å². The molecule has 2 aromatic carbocycles. The van der Waals surface area contributed by atoms with Gasteiger partial charge in [-0.15, -0.1) is 0 Å². The number of amides is 2. The van der Waals surface area contributed by atoms with Crippen molar-refractivity contribution in [2.24, 2.45) is 5.73 Å². The van der Waals surface area contributed by atoms with E-state index in [0.717, 1.165) is 0 Å². The molecule has 0 aliphatic heterocycles. The number of carbonyl (C=O) groups is 2. The number of nitrogens with two attached hydrogens (primary N) is 1. The topological polar surface area (TPSA) is 114 Å². The van der Waals surface area contributed by atoms with Crippen LogP contribution >= 0.6 is 34.2 Å². The molecule has 0 aromatic heterocycles. The van der Waals surface area contributed by atoms with E-state index in [1.54, 1.807) is 36.4 Å². The van der Waals surface area contributed by atoms with E-state index in [1.165, 1.54) is 13.2 Å². The Bertz CT molecular complexity index is 986. The van der Waals surface area contributed by atoms with Gasteiger partial charge >= 0.3 is 0 Å². The molecule has 0 spiro atoms. The SMILES string of the molecule is COc1cc(/C=C(\C#N)C(=O)Nc2ccccc2Cl)cc(I)c1OCC(N)=O. The fourth-order valence-corrected chi connectivity index (χ4v) is 3.14. The van der Waals surface area contributed by atoms with Crippen molar-refractivity contribution < 1.29 is 19.1 Å². The molecular weight excluding hydrogens is 497 g/mol. The molecule has 28 heavy (non-hydrogen) atoms. The van der Waals surface area contributed by atoms with Gasteiger partial charge in [0.15, 0.2) is 18.1 Å². The van der Waals surface area contributed by atoms with Crippen molar-refractivity contribution in [2.75, 3.05) is 19.0 Å². The fourth-order valence-electron chi connectivity index (χ4n) is 2.17. The highest BCUT2D eigenvalue weighted by atomic mass is 127. The Morgan fingerprint density at radius 3 is 2.68 bits per heavy atom. The summed E-state index contributed by atoms with van der Waals surface area (Å²) in [5.41, 5.74) is 5.92. The first-order valence-corrected chi connectivity index (χ1v) is 9.27. The highest BCUT2D eigenvalue weighted by Crippen LogP contribution is 2.34. The lowest BCUT2D eigenvalue weighted by molar-refractivity contribution is -0.120. The van der Waals surface area contributed by atoms with Gasteiger partial charge < -0.3 is 20.5 Å². The van der Waals surface area contributed by atoms with Gasteiger partial charge in [-0.3, -0.25) is 9.59 Å². The zero-order valence-electron chi connectivity index (χ0n) is 14.7. The van der Waals surface area contributed by atoms with E-state index in [9.17, 15) is 14.9 Å². The molecule has 0 bridgehead atoms. The number of para-hydroxylation sites is 1. The third kappa shape index (κ3) is 5.61. The van der Waals surface area contributed by atoms with Crippen molar-refractivity contribution in [1.29, 1.82) is 5.26 Å². The first-order valence-electron chi connectivity index (χ1n) is 7.82. The van der Waals surface area contributed by atoms with Crippen molar-refractivity contribution in [3.05, 3.63) is 56.1 Å². The van der Waals surface area contributed by atoms with E-state index >= 15 is 0 Å². The third-order valence-electron chi connectivity index (χ3n) is 3.41. The Morgan fingerprint density at radius 1 is 1.36 bits per heavy atom. The number of ether oxygens (including phenoxy) is 2. The zero-order valence-corrected chi connectivity index (χ0v) is 17.6. The van der Waals surface area contributed by atoms with Crippen LogP contribution in [0.1, 0.15) is 5.56 Å². The predicted molar refractivity (Wildman–Crippen MR) is 114 cm³/mol. The number of nitriles is 1. The summed E-state index contributed by atoms with van der Waals surface area (Å²) in [4.78, 5) is 23.4. The third-order valence-corrected chi connectivity index (χ3v) is 4.54. The molecule has 0 saturated heterocycles. The Labute approximate surface area is 180 Å². The first kappa shape index (κ1) is 21.5. The molecule has 0 saturated carbocycles. The van der Waals surface area contributed by atoms with Gasteiger partial charge in [-0.1, -0.05) is 23.7 Å². The Kier molecular flexibility index (Phi) is 7.66. The van der Waals surface area contributed by atoms with E-state index in [2.05, 4.69) is 5.32 Å². The second-order valence-corrected chi connectivity index (χ2v) is 6.96. The summed E-state index contributed by atoms with van der Waals surface area (Å²) in [6.45, 7) is -0.300. The number of hydrogen-bond donors (Lipinski definition) is 2. The van der Waals surface area contributed by atoms with E-state index in [-0.39, 0.29) is 12.2 Å². The number of benzene rings is 2. The van der Waals surface area contributed by atoms with Crippen LogP contribution in [0.25, 0.3) is 6.08 Å². The number of methoxy groups -OCH3 is 1. The molecule has 3 N–H and O–H groups in total. The van der Waals surface area contributed by atoms with Crippen LogP contribution in [0.15, 0.2) is 42.0 Å². The molecule has 0 radical (unpaired) electrons. The molecule has 144 valence electrons. The van der Waals surface area contributed by atoms with Crippen LogP contribution < -0.4 is 20.5 Å². The zero-order chi connectivity index (χ0) is 20.7. The fraction of sp³-hybridized carbons (Fsp3) is 0.105. The highest BCUT2D eigenvalue weighted by molar-refractivity contribution is 14.1. The monoisotopic (exact) mass is 511 g/mol. The number of anilines is 1. The van der Waals surface area contributed by atoms with E-state index in [4.69, 9.17) is 26.8 Å². The van der Waals surface area contributed by atoms with Gasteiger partial charge in [0.05, 0.1) is 21.4 Å². The minimum atomic E-state index is -0.621. The molecule has 0 atom stereocenters. The minimum absolute atomic E-state index is 0.122. The smallest absolute Gasteiger partial charge is 0.266 e. The lowest BCUT2D eigenvalue weighted by atomic mass is 10.1. The Hall–Kier alpha value is -2.77. The minimum Gasteiger partial charge on any atom is -0.493 e. The van der Waals surface area contributed by atoms with E-state index < -0.39 is 11.8 Å². The number of halogens is 2. The number of hydrogen-bond acceptors (Lipinski definition) is 5. The van der Waals surface area contributed by atoms with E-state index in [0.29, 0.717) is 31.3 Å². The van der Waals surface area contributed by atoms with Gasteiger partial charge in [0.2, 0.25) is 0 Å². The number of nitrogens with one attached hydrogen (secondary N) is 1. The molecule has 0 fully saturated rings. The highest BCUT2D eigenvalue weighted by Gasteiger charge is 2.15. The average molecular weight is 512 g/mol. The predicted octanol–water partition coefficient (Wildman–Crippen LogP) is 3.36. The van der Waals surface area contributed by atoms with E-state index in [1.807, 2.05) is 28.7 Å². The van der Waals surface area contributed by atoms with Gasteiger partial charge in [-0.25, -0.2) is 0 Å². The van der Waals surface area contributed by atoms with Crippen LogP contribution in [0, 0.1) is 14.9 Å². The van der Waals surface area contributed by atoms with Crippen molar-refractivity contribution in [3.63, 3.8) is 0 Å². The molecular formula is C19H15ClIN3O4. The van der Waals surface area contributed by atoms with Crippen LogP contribution in [-0.2, 0) is 9.59 Å². The average Bonchev–Trinajstić information content (AvgIpc) is 2.66. The summed E-state index contributed by atoms with van der Waals surface area (Å²) in [6.07, 6.45) is 1.41. The van der Waals surface area contributed by atoms with Crippen molar-refractivity contribution in [2.45, 2.75) is 0 Å². The lowest BCUT2D eigenvalue weighted by Crippen LogP contribution is -2.20. The Balaban J connectivity index is 2.32. The van der Waals surface area contributed by atoms with Crippen molar-refractivity contribution >= 4 is 57.8 Å². The largest absolute Gasteiger partial charge is 0.493 e. The second kappa shape index (κ2) is 9.96. The summed E-state index contributed by atoms with van der Waals surface area (Å²) >= 11 is 8.02. The number of rotatable bonds is 7. The lowest BCUT2D eigenvalue weighted by Gasteiger charge is -2.12.